The van der Waals surface area contributed by atoms with Gasteiger partial charge in [-0.3, -0.25) is 9.59 Å². The number of carbonyl (C=O) groups is 2. The molecule has 2 aromatic heterocycles. The third kappa shape index (κ3) is 6.37. The topological polar surface area (TPSA) is 113 Å². The van der Waals surface area contributed by atoms with Gasteiger partial charge in [0.1, 0.15) is 12.6 Å². The maximum atomic E-state index is 13.7. The molecular formula is C32H32ClN5O4. The lowest BCUT2D eigenvalue weighted by atomic mass is 10.0. The Balaban J connectivity index is 1.35. The zero-order valence-electron chi connectivity index (χ0n) is 23.5. The Bertz CT molecular complexity index is 1680. The first-order chi connectivity index (χ1) is 20.4. The lowest BCUT2D eigenvalue weighted by Crippen LogP contribution is -2.49. The molecular weight excluding hydrogens is 554 g/mol. The standard InChI is InChI=1S/C32H32ClN5O4/c1-21-24(16-17-39)30-25(33)14-9-15-27(30)38(21)19-28(40)34-26(18-22-10-5-3-6-11-22)32(41)37(2)20-29-35-31(36-42-29)23-12-7-4-8-13-23/h3-15,26,39H,16-20H2,1-2H3,(H,34,40)/t26-/m0/s1. The number of halogens is 1. The highest BCUT2D eigenvalue weighted by atomic mass is 35.5. The minimum Gasteiger partial charge on any atom is -0.396 e. The molecule has 0 unspecified atom stereocenters. The van der Waals surface area contributed by atoms with Gasteiger partial charge in [0, 0.05) is 36.7 Å². The maximum Gasteiger partial charge on any atom is 0.246 e. The van der Waals surface area contributed by atoms with Crippen LogP contribution in [-0.4, -0.2) is 56.2 Å². The molecule has 0 aliphatic heterocycles. The second kappa shape index (κ2) is 13.0. The first-order valence-corrected chi connectivity index (χ1v) is 14.1. The van der Waals surface area contributed by atoms with E-state index in [9.17, 15) is 14.7 Å². The zero-order chi connectivity index (χ0) is 29.6. The molecule has 42 heavy (non-hydrogen) atoms. The van der Waals surface area contributed by atoms with Crippen LogP contribution in [0.2, 0.25) is 5.02 Å². The third-order valence-electron chi connectivity index (χ3n) is 7.25. The molecule has 2 heterocycles. The molecule has 9 nitrogen and oxygen atoms in total. The number of likely N-dealkylation sites (N-methyl/N-ethyl adjacent to an activating group) is 1. The lowest BCUT2D eigenvalue weighted by molar-refractivity contribution is -0.136. The lowest BCUT2D eigenvalue weighted by Gasteiger charge is -2.24. The van der Waals surface area contributed by atoms with E-state index in [-0.39, 0.29) is 37.4 Å². The molecule has 5 rings (SSSR count). The Labute approximate surface area is 248 Å². The van der Waals surface area contributed by atoms with Gasteiger partial charge in [-0.1, -0.05) is 83.5 Å². The minimum absolute atomic E-state index is 0.0134. The van der Waals surface area contributed by atoms with E-state index < -0.39 is 6.04 Å². The molecule has 2 N–H and O–H groups in total. The fourth-order valence-corrected chi connectivity index (χ4v) is 5.47. The van der Waals surface area contributed by atoms with Crippen molar-refractivity contribution in [3.05, 3.63) is 107 Å². The molecule has 0 spiro atoms. The van der Waals surface area contributed by atoms with Gasteiger partial charge in [-0.2, -0.15) is 4.98 Å². The van der Waals surface area contributed by atoms with Gasteiger partial charge in [-0.05, 0) is 36.6 Å². The van der Waals surface area contributed by atoms with Gasteiger partial charge >= 0.3 is 0 Å². The first kappa shape index (κ1) is 29.0. The SMILES string of the molecule is Cc1c(CCO)c2c(Cl)cccc2n1CC(=O)N[C@@H](Cc1ccccc1)C(=O)N(C)Cc1nc(-c2ccccc2)no1. The number of carbonyl (C=O) groups excluding carboxylic acids is 2. The molecule has 0 fully saturated rings. The van der Waals surface area contributed by atoms with E-state index in [1.54, 1.807) is 13.1 Å². The van der Waals surface area contributed by atoms with E-state index in [4.69, 9.17) is 16.1 Å². The number of fused-ring (bicyclic) bond motifs is 1. The van der Waals surface area contributed by atoms with Crippen molar-refractivity contribution in [2.24, 2.45) is 0 Å². The molecule has 216 valence electrons. The maximum absolute atomic E-state index is 13.7. The van der Waals surface area contributed by atoms with E-state index in [0.29, 0.717) is 23.7 Å². The summed E-state index contributed by atoms with van der Waals surface area (Å²) in [4.78, 5) is 33.1. The number of amides is 2. The molecule has 0 bridgehead atoms. The van der Waals surface area contributed by atoms with Gasteiger partial charge < -0.3 is 24.4 Å². The van der Waals surface area contributed by atoms with Crippen molar-refractivity contribution in [3.63, 3.8) is 0 Å². The summed E-state index contributed by atoms with van der Waals surface area (Å²) in [7, 11) is 1.64. The molecule has 0 radical (unpaired) electrons. The summed E-state index contributed by atoms with van der Waals surface area (Å²) in [6, 6.07) is 23.7. The van der Waals surface area contributed by atoms with Crippen molar-refractivity contribution in [2.45, 2.75) is 38.9 Å². The molecule has 10 heteroatoms. The van der Waals surface area contributed by atoms with E-state index in [1.807, 2.05) is 84.3 Å². The molecule has 5 aromatic rings. The summed E-state index contributed by atoms with van der Waals surface area (Å²) in [5.41, 5.74) is 4.26. The number of aliphatic hydroxyl groups is 1. The molecule has 0 saturated carbocycles. The summed E-state index contributed by atoms with van der Waals surface area (Å²) in [6.07, 6.45) is 0.726. The Morgan fingerprint density at radius 1 is 1.05 bits per heavy atom. The van der Waals surface area contributed by atoms with Gasteiger partial charge in [-0.15, -0.1) is 0 Å². The number of aliphatic hydroxyl groups excluding tert-OH is 1. The number of hydrogen-bond acceptors (Lipinski definition) is 6. The van der Waals surface area contributed by atoms with Crippen molar-refractivity contribution in [2.75, 3.05) is 13.7 Å². The molecule has 3 aromatic carbocycles. The Morgan fingerprint density at radius 3 is 2.48 bits per heavy atom. The van der Waals surface area contributed by atoms with Gasteiger partial charge in [0.2, 0.25) is 23.5 Å². The normalized spacial score (nSPS) is 11.9. The monoisotopic (exact) mass is 585 g/mol. The third-order valence-corrected chi connectivity index (χ3v) is 7.57. The highest BCUT2D eigenvalue weighted by Gasteiger charge is 2.27. The number of benzene rings is 3. The molecule has 1 atom stereocenters. The van der Waals surface area contributed by atoms with Crippen LogP contribution in [-0.2, 0) is 35.5 Å². The van der Waals surface area contributed by atoms with Crippen LogP contribution in [0.4, 0.5) is 0 Å². The van der Waals surface area contributed by atoms with Crippen LogP contribution < -0.4 is 5.32 Å². The van der Waals surface area contributed by atoms with Crippen LogP contribution in [0.1, 0.15) is 22.7 Å². The molecule has 0 aliphatic carbocycles. The van der Waals surface area contributed by atoms with Gasteiger partial charge in [0.05, 0.1) is 17.1 Å². The predicted molar refractivity (Wildman–Crippen MR) is 161 cm³/mol. The number of hydrogen-bond donors (Lipinski definition) is 2. The number of nitrogens with one attached hydrogen (secondary N) is 1. The minimum atomic E-state index is -0.830. The Morgan fingerprint density at radius 2 is 1.76 bits per heavy atom. The average molecular weight is 586 g/mol. The Hall–Kier alpha value is -4.47. The van der Waals surface area contributed by atoms with Gasteiger partial charge in [-0.25, -0.2) is 0 Å². The van der Waals surface area contributed by atoms with E-state index in [1.165, 1.54) is 4.90 Å². The molecule has 2 amide bonds. The van der Waals surface area contributed by atoms with Crippen LogP contribution in [0.5, 0.6) is 0 Å². The average Bonchev–Trinajstić information content (AvgIpc) is 3.57. The smallest absolute Gasteiger partial charge is 0.246 e. The van der Waals surface area contributed by atoms with Crippen LogP contribution in [0.15, 0.2) is 83.4 Å². The molecule has 0 aliphatic rings. The van der Waals surface area contributed by atoms with Crippen molar-refractivity contribution in [1.29, 1.82) is 0 Å². The van der Waals surface area contributed by atoms with Crippen molar-refractivity contribution in [1.82, 2.24) is 24.9 Å². The highest BCUT2D eigenvalue weighted by Crippen LogP contribution is 2.32. The number of aromatic nitrogens is 3. The summed E-state index contributed by atoms with van der Waals surface area (Å²) >= 11 is 6.51. The fourth-order valence-electron chi connectivity index (χ4n) is 5.19. The molecule has 0 saturated heterocycles. The van der Waals surface area contributed by atoms with Crippen molar-refractivity contribution in [3.8, 4) is 11.4 Å². The van der Waals surface area contributed by atoms with Crippen molar-refractivity contribution < 1.29 is 19.2 Å². The van der Waals surface area contributed by atoms with E-state index in [0.717, 1.165) is 33.3 Å². The van der Waals surface area contributed by atoms with Crippen LogP contribution in [0.25, 0.3) is 22.3 Å². The second-order valence-electron chi connectivity index (χ2n) is 10.1. The quantitative estimate of drug-likeness (QED) is 0.235. The van der Waals surface area contributed by atoms with Crippen LogP contribution in [0.3, 0.4) is 0 Å². The largest absolute Gasteiger partial charge is 0.396 e. The highest BCUT2D eigenvalue weighted by molar-refractivity contribution is 6.35. The summed E-state index contributed by atoms with van der Waals surface area (Å²) in [6.45, 7) is 1.94. The van der Waals surface area contributed by atoms with Crippen molar-refractivity contribution >= 4 is 34.3 Å². The number of nitrogens with zero attached hydrogens (tertiary/aromatic N) is 4. The Kier molecular flexibility index (Phi) is 9.00. The first-order valence-electron chi connectivity index (χ1n) is 13.7. The van der Waals surface area contributed by atoms with Gasteiger partial charge in [0.25, 0.3) is 0 Å². The van der Waals surface area contributed by atoms with E-state index in [2.05, 4.69) is 15.5 Å². The van der Waals surface area contributed by atoms with Gasteiger partial charge in [0.15, 0.2) is 0 Å². The summed E-state index contributed by atoms with van der Waals surface area (Å²) in [5.74, 6) is 0.120. The summed E-state index contributed by atoms with van der Waals surface area (Å²) in [5, 5.41) is 18.0. The second-order valence-corrected chi connectivity index (χ2v) is 10.5. The van der Waals surface area contributed by atoms with Crippen LogP contribution in [0, 0.1) is 6.92 Å². The van der Waals surface area contributed by atoms with Crippen LogP contribution >= 0.6 is 11.6 Å². The summed E-state index contributed by atoms with van der Waals surface area (Å²) < 4.78 is 7.28. The number of rotatable bonds is 11. The van der Waals surface area contributed by atoms with E-state index >= 15 is 0 Å². The zero-order valence-corrected chi connectivity index (χ0v) is 24.2. The predicted octanol–water partition coefficient (Wildman–Crippen LogP) is 4.57. The fraction of sp³-hybridized carbons (Fsp3) is 0.250.